The molecule has 6 heteroatoms. The molecule has 0 saturated carbocycles. The first-order valence-corrected chi connectivity index (χ1v) is 7.34. The zero-order valence-corrected chi connectivity index (χ0v) is 13.0. The molecule has 0 spiro atoms. The number of halogens is 2. The maximum Gasteiger partial charge on any atom is 0.407 e. The van der Waals surface area contributed by atoms with E-state index in [9.17, 15) is 13.6 Å². The van der Waals surface area contributed by atoms with E-state index in [1.807, 2.05) is 0 Å². The van der Waals surface area contributed by atoms with E-state index in [4.69, 9.17) is 4.74 Å². The molecule has 2 rings (SSSR count). The molecule has 2 atom stereocenters. The van der Waals surface area contributed by atoms with Crippen LogP contribution >= 0.6 is 0 Å². The molecule has 1 aliphatic heterocycles. The number of hydrogen-bond donors (Lipinski definition) is 2. The van der Waals surface area contributed by atoms with E-state index in [0.717, 1.165) is 0 Å². The third-order valence-corrected chi connectivity index (χ3v) is 3.54. The van der Waals surface area contributed by atoms with Crippen molar-refractivity contribution in [1.82, 2.24) is 10.6 Å². The fourth-order valence-corrected chi connectivity index (χ4v) is 2.54. The van der Waals surface area contributed by atoms with Crippen LogP contribution in [0.15, 0.2) is 30.3 Å². The summed E-state index contributed by atoms with van der Waals surface area (Å²) in [6.45, 7) is 5.63. The highest BCUT2D eigenvalue weighted by atomic mass is 19.3. The summed E-state index contributed by atoms with van der Waals surface area (Å²) in [4.78, 5) is 11.8. The number of carbonyl (C=O) groups excluding carboxylic acids is 1. The minimum Gasteiger partial charge on any atom is -0.444 e. The molecule has 1 aromatic rings. The molecule has 0 radical (unpaired) electrons. The summed E-state index contributed by atoms with van der Waals surface area (Å²) in [6.07, 6.45) is -0.671. The molecular formula is C16H22F2N2O2. The van der Waals surface area contributed by atoms with Crippen molar-refractivity contribution >= 4 is 6.09 Å². The van der Waals surface area contributed by atoms with Gasteiger partial charge < -0.3 is 15.4 Å². The number of nitrogens with one attached hydrogen (secondary N) is 2. The fraction of sp³-hybridized carbons (Fsp3) is 0.562. The van der Waals surface area contributed by atoms with E-state index in [1.54, 1.807) is 39.0 Å². The van der Waals surface area contributed by atoms with Crippen LogP contribution in [0.1, 0.15) is 26.3 Å². The lowest BCUT2D eigenvalue weighted by molar-refractivity contribution is -0.0662. The largest absolute Gasteiger partial charge is 0.444 e. The van der Waals surface area contributed by atoms with Crippen LogP contribution in [0.2, 0.25) is 0 Å². The zero-order chi connectivity index (χ0) is 16.4. The van der Waals surface area contributed by atoms with E-state index >= 15 is 0 Å². The van der Waals surface area contributed by atoms with E-state index in [-0.39, 0.29) is 12.1 Å². The van der Waals surface area contributed by atoms with Crippen molar-refractivity contribution < 1.29 is 18.3 Å². The van der Waals surface area contributed by atoms with Crippen LogP contribution in [0, 0.1) is 5.92 Å². The Morgan fingerprint density at radius 2 is 1.86 bits per heavy atom. The summed E-state index contributed by atoms with van der Waals surface area (Å²) in [5, 5.41) is 5.47. The molecule has 1 aliphatic rings. The number of benzene rings is 1. The number of alkyl carbamates (subject to hydrolysis) is 1. The average molecular weight is 312 g/mol. The maximum absolute atomic E-state index is 14.7. The van der Waals surface area contributed by atoms with Crippen molar-refractivity contribution in [2.45, 2.75) is 38.3 Å². The van der Waals surface area contributed by atoms with Gasteiger partial charge in [-0.2, -0.15) is 0 Å². The van der Waals surface area contributed by atoms with Crippen molar-refractivity contribution in [3.05, 3.63) is 35.9 Å². The maximum atomic E-state index is 14.7. The molecular weight excluding hydrogens is 290 g/mol. The van der Waals surface area contributed by atoms with Crippen molar-refractivity contribution in [2.24, 2.45) is 5.92 Å². The van der Waals surface area contributed by atoms with Crippen LogP contribution in [-0.4, -0.2) is 30.8 Å². The molecule has 1 amide bonds. The van der Waals surface area contributed by atoms with Gasteiger partial charge in [0.2, 0.25) is 0 Å². The summed E-state index contributed by atoms with van der Waals surface area (Å²) in [5.41, 5.74) is -0.701. The van der Waals surface area contributed by atoms with E-state index in [0.29, 0.717) is 6.54 Å². The third-order valence-electron chi connectivity index (χ3n) is 3.54. The number of alkyl halides is 2. The monoisotopic (exact) mass is 312 g/mol. The van der Waals surface area contributed by atoms with Gasteiger partial charge in [0, 0.05) is 18.7 Å². The van der Waals surface area contributed by atoms with Gasteiger partial charge in [0.25, 0.3) is 5.92 Å². The van der Waals surface area contributed by atoms with E-state index in [2.05, 4.69) is 10.6 Å². The molecule has 1 saturated heterocycles. The Morgan fingerprint density at radius 3 is 2.45 bits per heavy atom. The number of ether oxygens (including phenoxy) is 1. The normalized spacial score (nSPS) is 22.4. The second kappa shape index (κ2) is 6.20. The number of hydrogen-bond acceptors (Lipinski definition) is 3. The zero-order valence-electron chi connectivity index (χ0n) is 13.0. The number of carbonyl (C=O) groups is 1. The lowest BCUT2D eigenvalue weighted by Crippen LogP contribution is -2.47. The molecule has 1 aromatic carbocycles. The second-order valence-electron chi connectivity index (χ2n) is 6.51. The standard InChI is InChI=1S/C16H22F2N2O2/c1-15(2,3)22-14(21)20-13-10-19-9-12(13)16(17,18)11-7-5-4-6-8-11/h4-8,12-13,19H,9-10H2,1-3H3,(H,20,21). The number of amides is 1. The summed E-state index contributed by atoms with van der Waals surface area (Å²) >= 11 is 0. The van der Waals surface area contributed by atoms with E-state index < -0.39 is 29.6 Å². The minimum absolute atomic E-state index is 0.0420. The second-order valence-corrected chi connectivity index (χ2v) is 6.51. The molecule has 1 fully saturated rings. The minimum atomic E-state index is -3.02. The average Bonchev–Trinajstić information content (AvgIpc) is 2.86. The molecule has 0 bridgehead atoms. The van der Waals surface area contributed by atoms with Gasteiger partial charge in [0.1, 0.15) is 5.60 Å². The van der Waals surface area contributed by atoms with Crippen molar-refractivity contribution in [1.29, 1.82) is 0 Å². The predicted molar refractivity (Wildman–Crippen MR) is 79.9 cm³/mol. The Morgan fingerprint density at radius 1 is 1.23 bits per heavy atom. The molecule has 22 heavy (non-hydrogen) atoms. The van der Waals surface area contributed by atoms with E-state index in [1.165, 1.54) is 12.1 Å². The third kappa shape index (κ3) is 3.94. The Balaban J connectivity index is 2.09. The molecule has 1 heterocycles. The smallest absolute Gasteiger partial charge is 0.407 e. The highest BCUT2D eigenvalue weighted by Crippen LogP contribution is 2.39. The van der Waals surface area contributed by atoms with Gasteiger partial charge in [-0.15, -0.1) is 0 Å². The van der Waals surface area contributed by atoms with Crippen molar-refractivity contribution in [3.8, 4) is 0 Å². The summed E-state index contributed by atoms with van der Waals surface area (Å²) in [6, 6.07) is 7.00. The molecule has 2 N–H and O–H groups in total. The Hall–Kier alpha value is -1.69. The van der Waals surface area contributed by atoms with Crippen LogP contribution in [0.5, 0.6) is 0 Å². The predicted octanol–water partition coefficient (Wildman–Crippen LogP) is 2.89. The summed E-state index contributed by atoms with van der Waals surface area (Å²) in [5.74, 6) is -4.04. The van der Waals surface area contributed by atoms with Crippen LogP contribution in [0.3, 0.4) is 0 Å². The van der Waals surface area contributed by atoms with Crippen LogP contribution in [0.4, 0.5) is 13.6 Å². The van der Waals surface area contributed by atoms with Crippen LogP contribution in [0.25, 0.3) is 0 Å². The van der Waals surface area contributed by atoms with Gasteiger partial charge in [-0.1, -0.05) is 30.3 Å². The first-order valence-electron chi connectivity index (χ1n) is 7.34. The first kappa shape index (κ1) is 16.7. The Bertz CT molecular complexity index is 515. The van der Waals surface area contributed by atoms with Gasteiger partial charge in [-0.3, -0.25) is 0 Å². The molecule has 0 aliphatic carbocycles. The molecule has 2 unspecified atom stereocenters. The molecule has 0 aromatic heterocycles. The van der Waals surface area contributed by atoms with Crippen LogP contribution in [-0.2, 0) is 10.7 Å². The SMILES string of the molecule is CC(C)(C)OC(=O)NC1CNCC1C(F)(F)c1ccccc1. The summed E-state index contributed by atoms with van der Waals surface area (Å²) < 4.78 is 34.5. The highest BCUT2D eigenvalue weighted by Gasteiger charge is 2.48. The lowest BCUT2D eigenvalue weighted by atomic mass is 9.90. The van der Waals surface area contributed by atoms with Gasteiger partial charge in [0.05, 0.1) is 12.0 Å². The Labute approximate surface area is 129 Å². The van der Waals surface area contributed by atoms with Gasteiger partial charge >= 0.3 is 6.09 Å². The summed E-state index contributed by atoms with van der Waals surface area (Å²) in [7, 11) is 0. The fourth-order valence-electron chi connectivity index (χ4n) is 2.54. The van der Waals surface area contributed by atoms with Crippen molar-refractivity contribution in [2.75, 3.05) is 13.1 Å². The lowest BCUT2D eigenvalue weighted by Gasteiger charge is -2.29. The van der Waals surface area contributed by atoms with Gasteiger partial charge in [-0.05, 0) is 20.8 Å². The topological polar surface area (TPSA) is 50.4 Å². The van der Waals surface area contributed by atoms with Gasteiger partial charge in [0.15, 0.2) is 0 Å². The highest BCUT2D eigenvalue weighted by molar-refractivity contribution is 5.68. The molecule has 4 nitrogen and oxygen atoms in total. The number of rotatable bonds is 3. The first-order chi connectivity index (χ1) is 10.2. The van der Waals surface area contributed by atoms with Gasteiger partial charge in [-0.25, -0.2) is 13.6 Å². The molecule has 122 valence electrons. The van der Waals surface area contributed by atoms with Crippen molar-refractivity contribution in [3.63, 3.8) is 0 Å². The quantitative estimate of drug-likeness (QED) is 0.902. The van der Waals surface area contributed by atoms with Crippen LogP contribution < -0.4 is 10.6 Å². The Kier molecular flexibility index (Phi) is 4.70.